The highest BCUT2D eigenvalue weighted by molar-refractivity contribution is 5.82. The predicted molar refractivity (Wildman–Crippen MR) is 109 cm³/mol. The lowest BCUT2D eigenvalue weighted by molar-refractivity contribution is -0.143. The molecule has 2 saturated heterocycles. The van der Waals surface area contributed by atoms with E-state index in [1.807, 2.05) is 47.1 Å². The van der Waals surface area contributed by atoms with E-state index in [1.165, 1.54) is 0 Å². The number of aromatic amines is 1. The van der Waals surface area contributed by atoms with Gasteiger partial charge in [-0.1, -0.05) is 30.3 Å². The Morgan fingerprint density at radius 1 is 1.10 bits per heavy atom. The molecule has 0 unspecified atom stereocenters. The van der Waals surface area contributed by atoms with Crippen LogP contribution in [0, 0.1) is 12.8 Å². The third kappa shape index (κ3) is 4.49. The molecule has 0 radical (unpaired) electrons. The zero-order valence-corrected chi connectivity index (χ0v) is 17.0. The molecule has 1 aromatic carbocycles. The van der Waals surface area contributed by atoms with Gasteiger partial charge in [-0.3, -0.25) is 14.7 Å². The number of aromatic nitrogens is 3. The lowest BCUT2D eigenvalue weighted by Gasteiger charge is -2.39. The highest BCUT2D eigenvalue weighted by Gasteiger charge is 2.36. The minimum absolute atomic E-state index is 0.0587. The smallest absolute Gasteiger partial charge is 0.228 e. The molecule has 2 atom stereocenters. The first-order chi connectivity index (χ1) is 14.1. The SMILES string of the molecule is Cc1nc([C@@H]2CCCCN2C(=O)[C@@H]2CCCN(C(=O)Cc3ccccc3)C2)n[nH]1. The lowest BCUT2D eigenvalue weighted by atomic mass is 9.93. The summed E-state index contributed by atoms with van der Waals surface area (Å²) < 4.78 is 0. The first kappa shape index (κ1) is 19.6. The highest BCUT2D eigenvalue weighted by atomic mass is 16.2. The van der Waals surface area contributed by atoms with Crippen LogP contribution in [0.25, 0.3) is 0 Å². The van der Waals surface area contributed by atoms with Gasteiger partial charge >= 0.3 is 0 Å². The van der Waals surface area contributed by atoms with Gasteiger partial charge in [0.25, 0.3) is 0 Å². The number of nitrogens with zero attached hydrogens (tertiary/aromatic N) is 4. The van der Waals surface area contributed by atoms with Crippen LogP contribution < -0.4 is 0 Å². The molecule has 0 spiro atoms. The minimum Gasteiger partial charge on any atom is -0.342 e. The van der Waals surface area contributed by atoms with Crippen LogP contribution >= 0.6 is 0 Å². The number of nitrogens with one attached hydrogen (secondary N) is 1. The topological polar surface area (TPSA) is 82.2 Å². The van der Waals surface area contributed by atoms with E-state index in [0.717, 1.165) is 56.6 Å². The molecule has 7 nitrogen and oxygen atoms in total. The number of hydrogen-bond donors (Lipinski definition) is 1. The maximum atomic E-state index is 13.4. The number of piperidine rings is 2. The third-order valence-electron chi connectivity index (χ3n) is 6.02. The molecular formula is C22H29N5O2. The van der Waals surface area contributed by atoms with Gasteiger partial charge in [0.1, 0.15) is 5.82 Å². The molecule has 4 rings (SSSR count). The molecule has 0 bridgehead atoms. The Morgan fingerprint density at radius 3 is 2.69 bits per heavy atom. The number of rotatable bonds is 4. The monoisotopic (exact) mass is 395 g/mol. The summed E-state index contributed by atoms with van der Waals surface area (Å²) in [7, 11) is 0. The summed E-state index contributed by atoms with van der Waals surface area (Å²) in [4.78, 5) is 34.5. The zero-order valence-electron chi connectivity index (χ0n) is 17.0. The van der Waals surface area contributed by atoms with Crippen LogP contribution in [-0.4, -0.2) is 56.4 Å². The van der Waals surface area contributed by atoms with Gasteiger partial charge in [-0.15, -0.1) is 0 Å². The summed E-state index contributed by atoms with van der Waals surface area (Å²) >= 11 is 0. The first-order valence-electron chi connectivity index (χ1n) is 10.6. The quantitative estimate of drug-likeness (QED) is 0.863. The maximum absolute atomic E-state index is 13.4. The van der Waals surface area contributed by atoms with Gasteiger partial charge in [0.15, 0.2) is 5.82 Å². The van der Waals surface area contributed by atoms with Crippen LogP contribution in [0.1, 0.15) is 55.4 Å². The van der Waals surface area contributed by atoms with E-state index >= 15 is 0 Å². The molecule has 2 fully saturated rings. The van der Waals surface area contributed by atoms with Gasteiger partial charge in [-0.25, -0.2) is 4.98 Å². The summed E-state index contributed by atoms with van der Waals surface area (Å²) in [5.41, 5.74) is 1.02. The second kappa shape index (κ2) is 8.76. The predicted octanol–water partition coefficient (Wildman–Crippen LogP) is 2.65. The Bertz CT molecular complexity index is 850. The van der Waals surface area contributed by atoms with E-state index in [-0.39, 0.29) is 23.8 Å². The number of amides is 2. The van der Waals surface area contributed by atoms with Crippen molar-refractivity contribution in [2.24, 2.45) is 5.92 Å². The number of aryl methyl sites for hydroxylation is 1. The molecule has 2 aliphatic rings. The zero-order chi connectivity index (χ0) is 20.2. The van der Waals surface area contributed by atoms with Crippen molar-refractivity contribution in [2.45, 2.75) is 51.5 Å². The lowest BCUT2D eigenvalue weighted by Crippen LogP contribution is -2.49. The number of likely N-dealkylation sites (tertiary alicyclic amines) is 2. The van der Waals surface area contributed by atoms with Gasteiger partial charge in [0.05, 0.1) is 18.4 Å². The number of carbonyl (C=O) groups excluding carboxylic acids is 2. The number of H-pyrrole nitrogens is 1. The van der Waals surface area contributed by atoms with Gasteiger partial charge in [0.2, 0.25) is 11.8 Å². The highest BCUT2D eigenvalue weighted by Crippen LogP contribution is 2.32. The fraction of sp³-hybridized carbons (Fsp3) is 0.545. The van der Waals surface area contributed by atoms with Gasteiger partial charge in [-0.2, -0.15) is 5.10 Å². The van der Waals surface area contributed by atoms with Crippen molar-refractivity contribution < 1.29 is 9.59 Å². The van der Waals surface area contributed by atoms with Crippen molar-refractivity contribution >= 4 is 11.8 Å². The van der Waals surface area contributed by atoms with E-state index < -0.39 is 0 Å². The molecule has 1 N–H and O–H groups in total. The molecule has 0 saturated carbocycles. The largest absolute Gasteiger partial charge is 0.342 e. The molecular weight excluding hydrogens is 366 g/mol. The maximum Gasteiger partial charge on any atom is 0.228 e. The number of benzene rings is 1. The Kier molecular flexibility index (Phi) is 5.92. The molecule has 2 aliphatic heterocycles. The van der Waals surface area contributed by atoms with Crippen LogP contribution in [0.15, 0.2) is 30.3 Å². The number of hydrogen-bond acceptors (Lipinski definition) is 4. The molecule has 29 heavy (non-hydrogen) atoms. The van der Waals surface area contributed by atoms with Crippen molar-refractivity contribution in [3.63, 3.8) is 0 Å². The summed E-state index contributed by atoms with van der Waals surface area (Å²) in [6, 6.07) is 9.74. The molecule has 154 valence electrons. The molecule has 0 aliphatic carbocycles. The van der Waals surface area contributed by atoms with Crippen molar-refractivity contribution in [2.75, 3.05) is 19.6 Å². The fourth-order valence-corrected chi connectivity index (χ4v) is 4.49. The molecule has 2 aromatic rings. The van der Waals surface area contributed by atoms with Crippen molar-refractivity contribution in [1.29, 1.82) is 0 Å². The molecule has 1 aromatic heterocycles. The van der Waals surface area contributed by atoms with E-state index in [1.54, 1.807) is 0 Å². The van der Waals surface area contributed by atoms with E-state index in [4.69, 9.17) is 0 Å². The van der Waals surface area contributed by atoms with E-state index in [2.05, 4.69) is 15.2 Å². The van der Waals surface area contributed by atoms with Crippen molar-refractivity contribution in [3.8, 4) is 0 Å². The van der Waals surface area contributed by atoms with Crippen LogP contribution in [0.3, 0.4) is 0 Å². The minimum atomic E-state index is -0.135. The van der Waals surface area contributed by atoms with Crippen LogP contribution in [-0.2, 0) is 16.0 Å². The van der Waals surface area contributed by atoms with E-state index in [0.29, 0.717) is 18.8 Å². The average Bonchev–Trinajstić information content (AvgIpc) is 3.20. The second-order valence-electron chi connectivity index (χ2n) is 8.16. The van der Waals surface area contributed by atoms with Gasteiger partial charge in [0, 0.05) is 19.6 Å². The second-order valence-corrected chi connectivity index (χ2v) is 8.16. The summed E-state index contributed by atoms with van der Waals surface area (Å²) in [6.07, 6.45) is 5.08. The Morgan fingerprint density at radius 2 is 1.93 bits per heavy atom. The van der Waals surface area contributed by atoms with Crippen LogP contribution in [0.2, 0.25) is 0 Å². The molecule has 7 heteroatoms. The van der Waals surface area contributed by atoms with Crippen LogP contribution in [0.4, 0.5) is 0 Å². The normalized spacial score (nSPS) is 22.5. The Balaban J connectivity index is 1.42. The van der Waals surface area contributed by atoms with E-state index in [9.17, 15) is 9.59 Å². The van der Waals surface area contributed by atoms with Gasteiger partial charge in [-0.05, 0) is 44.6 Å². The van der Waals surface area contributed by atoms with Crippen molar-refractivity contribution in [3.05, 3.63) is 47.5 Å². The first-order valence-corrected chi connectivity index (χ1v) is 10.6. The Labute approximate surface area is 171 Å². The molecule has 2 amide bonds. The third-order valence-corrected chi connectivity index (χ3v) is 6.02. The summed E-state index contributed by atoms with van der Waals surface area (Å²) in [5, 5.41) is 7.21. The fourth-order valence-electron chi connectivity index (χ4n) is 4.49. The summed E-state index contributed by atoms with van der Waals surface area (Å²) in [5.74, 6) is 1.60. The Hall–Kier alpha value is -2.70. The number of carbonyl (C=O) groups is 2. The average molecular weight is 396 g/mol. The summed E-state index contributed by atoms with van der Waals surface area (Å²) in [6.45, 7) is 3.87. The van der Waals surface area contributed by atoms with Crippen molar-refractivity contribution in [1.82, 2.24) is 25.0 Å². The molecule has 3 heterocycles. The van der Waals surface area contributed by atoms with Crippen LogP contribution in [0.5, 0.6) is 0 Å². The standard InChI is InChI=1S/C22H29N5O2/c1-16-23-21(25-24-16)19-11-5-6-13-27(19)22(29)18-10-7-12-26(15-18)20(28)14-17-8-3-2-4-9-17/h2-4,8-9,18-19H,5-7,10-15H2,1H3,(H,23,24,25)/t18-,19+/m1/s1. The van der Waals surface area contributed by atoms with Gasteiger partial charge < -0.3 is 9.80 Å².